The van der Waals surface area contributed by atoms with Crippen molar-refractivity contribution in [3.63, 3.8) is 0 Å². The Labute approximate surface area is 195 Å². The third kappa shape index (κ3) is 3.95. The molecule has 1 N–H and O–H groups in total. The van der Waals surface area contributed by atoms with Gasteiger partial charge in [-0.1, -0.05) is 30.3 Å². The molecule has 0 atom stereocenters. The quantitative estimate of drug-likeness (QED) is 0.341. The number of furan rings is 1. The lowest BCUT2D eigenvalue weighted by Gasteiger charge is -2.13. The molecule has 3 aromatic heterocycles. The predicted octanol–water partition coefficient (Wildman–Crippen LogP) is 4.49. The Morgan fingerprint density at radius 3 is 2.62 bits per heavy atom. The van der Waals surface area contributed by atoms with E-state index < -0.39 is 0 Å². The molecule has 170 valence electrons. The Balaban J connectivity index is 1.58. The molecule has 0 fully saturated rings. The fourth-order valence-electron chi connectivity index (χ4n) is 3.66. The van der Waals surface area contributed by atoms with Gasteiger partial charge in [0.15, 0.2) is 23.5 Å². The first-order valence-corrected chi connectivity index (χ1v) is 10.5. The van der Waals surface area contributed by atoms with Crippen molar-refractivity contribution >= 4 is 17.9 Å². The Kier molecular flexibility index (Phi) is 5.65. The van der Waals surface area contributed by atoms with Crippen LogP contribution >= 0.6 is 0 Å². The summed E-state index contributed by atoms with van der Waals surface area (Å²) in [7, 11) is 3.20. The van der Waals surface area contributed by atoms with E-state index in [-0.39, 0.29) is 0 Å². The number of hydrogen-bond donors (Lipinski definition) is 1. The molecule has 0 bridgehead atoms. The molecular formula is C25H21N5O4. The van der Waals surface area contributed by atoms with E-state index in [4.69, 9.17) is 13.9 Å². The molecule has 0 saturated carbocycles. The third-order valence-electron chi connectivity index (χ3n) is 5.34. The SMILES string of the molecule is COc1ccc(CNc2cc(-c3ccccc3C=O)nc3nc(-c4ccco4)nn23)cc1OC. The maximum atomic E-state index is 11.6. The van der Waals surface area contributed by atoms with E-state index in [1.54, 1.807) is 43.2 Å². The van der Waals surface area contributed by atoms with Crippen LogP contribution in [0.2, 0.25) is 0 Å². The number of carbonyl (C=O) groups excluding carboxylic acids is 1. The number of ether oxygens (including phenoxy) is 2. The number of rotatable bonds is 8. The Hall–Kier alpha value is -4.66. The molecule has 3 heterocycles. The van der Waals surface area contributed by atoms with Gasteiger partial charge < -0.3 is 19.2 Å². The standard InChI is InChI=1S/C25H21N5O4/c1-32-20-10-9-16(12-22(20)33-2)14-26-23-13-19(18-7-4-3-6-17(18)15-31)27-25-28-24(29-30(23)25)21-8-5-11-34-21/h3-13,15,26H,14H2,1-2H3. The molecule has 9 nitrogen and oxygen atoms in total. The average Bonchev–Trinajstić information content (AvgIpc) is 3.57. The van der Waals surface area contributed by atoms with E-state index in [1.165, 1.54) is 0 Å². The van der Waals surface area contributed by atoms with Gasteiger partial charge in [0.1, 0.15) is 5.82 Å². The minimum absolute atomic E-state index is 0.374. The molecule has 0 spiro atoms. The molecule has 34 heavy (non-hydrogen) atoms. The lowest BCUT2D eigenvalue weighted by molar-refractivity contribution is 0.112. The van der Waals surface area contributed by atoms with Crippen molar-refractivity contribution in [2.45, 2.75) is 6.54 Å². The second kappa shape index (κ2) is 9.07. The number of nitrogens with zero attached hydrogens (tertiary/aromatic N) is 4. The van der Waals surface area contributed by atoms with E-state index in [0.29, 0.717) is 58.0 Å². The van der Waals surface area contributed by atoms with Crippen molar-refractivity contribution in [2.24, 2.45) is 0 Å². The largest absolute Gasteiger partial charge is 0.493 e. The number of aldehydes is 1. The smallest absolute Gasteiger partial charge is 0.255 e. The van der Waals surface area contributed by atoms with Crippen LogP contribution in [0.1, 0.15) is 15.9 Å². The number of methoxy groups -OCH3 is 2. The van der Waals surface area contributed by atoms with Gasteiger partial charge in [-0.15, -0.1) is 5.10 Å². The Morgan fingerprint density at radius 1 is 1.00 bits per heavy atom. The summed E-state index contributed by atoms with van der Waals surface area (Å²) in [5.74, 6) is 3.27. The summed E-state index contributed by atoms with van der Waals surface area (Å²) < 4.78 is 17.8. The zero-order chi connectivity index (χ0) is 23.5. The summed E-state index contributed by atoms with van der Waals surface area (Å²) in [4.78, 5) is 20.8. The number of hydrogen-bond acceptors (Lipinski definition) is 8. The third-order valence-corrected chi connectivity index (χ3v) is 5.34. The molecule has 0 amide bonds. The number of carbonyl (C=O) groups is 1. The van der Waals surface area contributed by atoms with Crippen molar-refractivity contribution in [3.8, 4) is 34.3 Å². The van der Waals surface area contributed by atoms with Crippen molar-refractivity contribution in [1.29, 1.82) is 0 Å². The number of anilines is 1. The molecule has 0 aliphatic rings. The van der Waals surface area contributed by atoms with Gasteiger partial charge in [-0.3, -0.25) is 4.79 Å². The molecule has 0 aliphatic heterocycles. The molecule has 0 aliphatic carbocycles. The number of fused-ring (bicyclic) bond motifs is 1. The monoisotopic (exact) mass is 455 g/mol. The van der Waals surface area contributed by atoms with Crippen molar-refractivity contribution < 1.29 is 18.7 Å². The van der Waals surface area contributed by atoms with Gasteiger partial charge in [0.2, 0.25) is 5.82 Å². The topological polar surface area (TPSA) is 104 Å². The molecule has 0 unspecified atom stereocenters. The minimum Gasteiger partial charge on any atom is -0.493 e. The molecule has 0 radical (unpaired) electrons. The van der Waals surface area contributed by atoms with Crippen molar-refractivity contribution in [1.82, 2.24) is 19.6 Å². The zero-order valence-corrected chi connectivity index (χ0v) is 18.6. The second-order valence-corrected chi connectivity index (χ2v) is 7.40. The second-order valence-electron chi connectivity index (χ2n) is 7.40. The summed E-state index contributed by atoms with van der Waals surface area (Å²) in [6, 6.07) is 18.4. The fourth-order valence-corrected chi connectivity index (χ4v) is 3.66. The average molecular weight is 455 g/mol. The first-order chi connectivity index (χ1) is 16.7. The highest BCUT2D eigenvalue weighted by Crippen LogP contribution is 2.29. The van der Waals surface area contributed by atoms with Crippen LogP contribution in [0.3, 0.4) is 0 Å². The number of nitrogens with one attached hydrogen (secondary N) is 1. The number of benzene rings is 2. The van der Waals surface area contributed by atoms with Crippen LogP contribution in [-0.4, -0.2) is 40.1 Å². The van der Waals surface area contributed by atoms with Gasteiger partial charge in [0, 0.05) is 23.7 Å². The zero-order valence-electron chi connectivity index (χ0n) is 18.6. The number of aromatic nitrogens is 4. The van der Waals surface area contributed by atoms with Gasteiger partial charge in [-0.05, 0) is 29.8 Å². The lowest BCUT2D eigenvalue weighted by Crippen LogP contribution is -2.07. The molecular weight excluding hydrogens is 434 g/mol. The minimum atomic E-state index is 0.374. The highest BCUT2D eigenvalue weighted by atomic mass is 16.5. The van der Waals surface area contributed by atoms with Crippen LogP contribution < -0.4 is 14.8 Å². The van der Waals surface area contributed by atoms with E-state index in [2.05, 4.69) is 20.4 Å². The predicted molar refractivity (Wildman–Crippen MR) is 126 cm³/mol. The van der Waals surface area contributed by atoms with Gasteiger partial charge in [0.05, 0.1) is 26.2 Å². The van der Waals surface area contributed by atoms with E-state index >= 15 is 0 Å². The summed E-state index contributed by atoms with van der Waals surface area (Å²) in [6.45, 7) is 0.476. The fraction of sp³-hybridized carbons (Fsp3) is 0.120. The molecule has 9 heteroatoms. The molecule has 0 saturated heterocycles. The van der Waals surface area contributed by atoms with Crippen LogP contribution in [0.15, 0.2) is 71.3 Å². The van der Waals surface area contributed by atoms with Crippen LogP contribution in [0.5, 0.6) is 11.5 Å². The summed E-state index contributed by atoms with van der Waals surface area (Å²) in [5.41, 5.74) is 2.82. The van der Waals surface area contributed by atoms with Crippen LogP contribution in [-0.2, 0) is 6.54 Å². The summed E-state index contributed by atoms with van der Waals surface area (Å²) >= 11 is 0. The van der Waals surface area contributed by atoms with Crippen LogP contribution in [0, 0.1) is 0 Å². The van der Waals surface area contributed by atoms with Gasteiger partial charge >= 0.3 is 0 Å². The van der Waals surface area contributed by atoms with E-state index in [0.717, 1.165) is 11.8 Å². The van der Waals surface area contributed by atoms with Crippen molar-refractivity contribution in [3.05, 3.63) is 78.1 Å². The van der Waals surface area contributed by atoms with Gasteiger partial charge in [0.25, 0.3) is 5.78 Å². The first-order valence-electron chi connectivity index (χ1n) is 10.5. The highest BCUT2D eigenvalue weighted by Gasteiger charge is 2.16. The van der Waals surface area contributed by atoms with E-state index in [1.807, 2.05) is 42.5 Å². The van der Waals surface area contributed by atoms with E-state index in [9.17, 15) is 4.79 Å². The Bertz CT molecular complexity index is 1460. The molecule has 5 rings (SSSR count). The maximum absolute atomic E-state index is 11.6. The summed E-state index contributed by atoms with van der Waals surface area (Å²) in [5, 5.41) is 7.98. The highest BCUT2D eigenvalue weighted by molar-refractivity contribution is 5.87. The van der Waals surface area contributed by atoms with Crippen LogP contribution in [0.25, 0.3) is 28.6 Å². The maximum Gasteiger partial charge on any atom is 0.255 e. The van der Waals surface area contributed by atoms with Crippen LogP contribution in [0.4, 0.5) is 5.82 Å². The van der Waals surface area contributed by atoms with Gasteiger partial charge in [-0.25, -0.2) is 4.98 Å². The molecule has 2 aromatic carbocycles. The first kappa shape index (κ1) is 21.2. The Morgan fingerprint density at radius 2 is 1.85 bits per heavy atom. The normalized spacial score (nSPS) is 10.9. The molecule has 5 aromatic rings. The summed E-state index contributed by atoms with van der Waals surface area (Å²) in [6.07, 6.45) is 2.38. The van der Waals surface area contributed by atoms with Gasteiger partial charge in [-0.2, -0.15) is 9.50 Å². The van der Waals surface area contributed by atoms with Crippen molar-refractivity contribution in [2.75, 3.05) is 19.5 Å². The lowest BCUT2D eigenvalue weighted by atomic mass is 10.1.